The van der Waals surface area contributed by atoms with Gasteiger partial charge in [-0.25, -0.2) is 4.79 Å². The number of ether oxygens (including phenoxy) is 2. The van der Waals surface area contributed by atoms with Gasteiger partial charge >= 0.3 is 6.09 Å². The third-order valence-electron chi connectivity index (χ3n) is 4.82. The Morgan fingerprint density at radius 2 is 2.00 bits per heavy atom. The standard InChI is InChI=1S/C22H35N3O4/c1-22(2,3)29-21(27)23-14-18-13-19(28-6)10-11-25(18)20(26)17-9-7-8-16(12-17)15-24(4)5/h7-9,12,18-19H,10-11,13-15H2,1-6H3,(H,23,27). The Balaban J connectivity index is 2.11. The number of benzene rings is 1. The van der Waals surface area contributed by atoms with Crippen molar-refractivity contribution in [2.75, 3.05) is 34.3 Å². The van der Waals surface area contributed by atoms with Gasteiger partial charge in [-0.2, -0.15) is 0 Å². The Morgan fingerprint density at radius 3 is 2.62 bits per heavy atom. The zero-order chi connectivity index (χ0) is 21.6. The highest BCUT2D eigenvalue weighted by molar-refractivity contribution is 5.94. The van der Waals surface area contributed by atoms with Gasteiger partial charge in [-0.05, 0) is 65.4 Å². The second-order valence-corrected chi connectivity index (χ2v) is 8.86. The molecule has 0 saturated carbocycles. The molecule has 1 saturated heterocycles. The molecule has 7 nitrogen and oxygen atoms in total. The summed E-state index contributed by atoms with van der Waals surface area (Å²) >= 11 is 0. The molecule has 2 unspecified atom stereocenters. The molecule has 0 aliphatic carbocycles. The number of amides is 2. The maximum Gasteiger partial charge on any atom is 0.407 e. The summed E-state index contributed by atoms with van der Waals surface area (Å²) in [6.45, 7) is 7.17. The summed E-state index contributed by atoms with van der Waals surface area (Å²) in [5.41, 5.74) is 1.20. The van der Waals surface area contributed by atoms with E-state index in [1.807, 2.05) is 64.0 Å². The Bertz CT molecular complexity index is 700. The lowest BCUT2D eigenvalue weighted by atomic mass is 9.97. The van der Waals surface area contributed by atoms with Gasteiger partial charge in [-0.1, -0.05) is 12.1 Å². The molecule has 162 valence electrons. The van der Waals surface area contributed by atoms with Crippen LogP contribution in [0.25, 0.3) is 0 Å². The third-order valence-corrected chi connectivity index (χ3v) is 4.82. The van der Waals surface area contributed by atoms with Crippen molar-refractivity contribution in [3.8, 4) is 0 Å². The number of rotatable bonds is 6. The fraction of sp³-hybridized carbons (Fsp3) is 0.636. The molecule has 0 radical (unpaired) electrons. The van der Waals surface area contributed by atoms with Gasteiger partial charge in [0.05, 0.1) is 12.1 Å². The smallest absolute Gasteiger partial charge is 0.407 e. The topological polar surface area (TPSA) is 71.1 Å². The average Bonchev–Trinajstić information content (AvgIpc) is 2.64. The van der Waals surface area contributed by atoms with Crippen LogP contribution in [-0.2, 0) is 16.0 Å². The monoisotopic (exact) mass is 405 g/mol. The first kappa shape index (κ1) is 23.2. The molecule has 29 heavy (non-hydrogen) atoms. The van der Waals surface area contributed by atoms with E-state index in [4.69, 9.17) is 9.47 Å². The number of hydrogen-bond donors (Lipinski definition) is 1. The lowest BCUT2D eigenvalue weighted by Gasteiger charge is -2.39. The van der Waals surface area contributed by atoms with Crippen LogP contribution in [0.15, 0.2) is 24.3 Å². The van der Waals surface area contributed by atoms with Crippen molar-refractivity contribution in [1.82, 2.24) is 15.1 Å². The van der Waals surface area contributed by atoms with E-state index in [2.05, 4.69) is 10.2 Å². The summed E-state index contributed by atoms with van der Waals surface area (Å²) in [7, 11) is 5.69. The Hall–Kier alpha value is -2.12. The van der Waals surface area contributed by atoms with E-state index in [1.54, 1.807) is 7.11 Å². The van der Waals surface area contributed by atoms with Crippen molar-refractivity contribution < 1.29 is 19.1 Å². The first-order valence-electron chi connectivity index (χ1n) is 10.1. The molecule has 1 N–H and O–H groups in total. The normalized spacial score (nSPS) is 19.9. The van der Waals surface area contributed by atoms with Gasteiger partial charge in [0.2, 0.25) is 0 Å². The largest absolute Gasteiger partial charge is 0.444 e. The molecule has 0 aromatic heterocycles. The van der Waals surface area contributed by atoms with Gasteiger partial charge in [0.15, 0.2) is 0 Å². The lowest BCUT2D eigenvalue weighted by Crippen LogP contribution is -2.53. The second kappa shape index (κ2) is 10.1. The summed E-state index contributed by atoms with van der Waals surface area (Å²) in [6.07, 6.45) is 1.06. The predicted octanol–water partition coefficient (Wildman–Crippen LogP) is 2.89. The molecule has 0 bridgehead atoms. The van der Waals surface area contributed by atoms with Crippen LogP contribution in [0.2, 0.25) is 0 Å². The number of likely N-dealkylation sites (tertiary alicyclic amines) is 1. The quantitative estimate of drug-likeness (QED) is 0.788. The highest BCUT2D eigenvalue weighted by atomic mass is 16.6. The van der Waals surface area contributed by atoms with Crippen molar-refractivity contribution in [2.24, 2.45) is 0 Å². The molecule has 2 amide bonds. The number of piperidine rings is 1. The van der Waals surface area contributed by atoms with Gasteiger partial charge in [-0.15, -0.1) is 0 Å². The zero-order valence-electron chi connectivity index (χ0n) is 18.5. The van der Waals surface area contributed by atoms with Crippen LogP contribution in [-0.4, -0.2) is 73.8 Å². The fourth-order valence-corrected chi connectivity index (χ4v) is 3.54. The molecule has 1 aliphatic rings. The molecule has 1 aromatic rings. The Kier molecular flexibility index (Phi) is 8.05. The molecule has 7 heteroatoms. The van der Waals surface area contributed by atoms with Gasteiger partial charge < -0.3 is 24.6 Å². The molecule has 2 rings (SSSR count). The highest BCUT2D eigenvalue weighted by Crippen LogP contribution is 2.22. The van der Waals surface area contributed by atoms with Crippen LogP contribution in [0.1, 0.15) is 49.5 Å². The zero-order valence-corrected chi connectivity index (χ0v) is 18.5. The second-order valence-electron chi connectivity index (χ2n) is 8.86. The number of nitrogens with zero attached hydrogens (tertiary/aromatic N) is 2. The lowest BCUT2D eigenvalue weighted by molar-refractivity contribution is 0.00974. The van der Waals surface area contributed by atoms with E-state index in [9.17, 15) is 9.59 Å². The van der Waals surface area contributed by atoms with E-state index in [1.165, 1.54) is 0 Å². The first-order valence-corrected chi connectivity index (χ1v) is 10.1. The van der Waals surface area contributed by atoms with Crippen molar-refractivity contribution in [2.45, 2.75) is 57.9 Å². The third kappa shape index (κ3) is 7.33. The average molecular weight is 406 g/mol. The molecule has 1 heterocycles. The maximum atomic E-state index is 13.2. The SMILES string of the molecule is COC1CCN(C(=O)c2cccc(CN(C)C)c2)C(CNC(=O)OC(C)(C)C)C1. The van der Waals surface area contributed by atoms with Gasteiger partial charge in [0.1, 0.15) is 5.60 Å². The van der Waals surface area contributed by atoms with Crippen LogP contribution >= 0.6 is 0 Å². The van der Waals surface area contributed by atoms with Crippen LogP contribution in [0.3, 0.4) is 0 Å². The number of carbonyl (C=O) groups excluding carboxylic acids is 2. The summed E-state index contributed by atoms with van der Waals surface area (Å²) in [5, 5.41) is 2.81. The molecule has 1 aromatic carbocycles. The minimum Gasteiger partial charge on any atom is -0.444 e. The number of carbonyl (C=O) groups is 2. The van der Waals surface area contributed by atoms with Gasteiger partial charge in [0, 0.05) is 32.3 Å². The molecule has 1 fully saturated rings. The van der Waals surface area contributed by atoms with Crippen molar-refractivity contribution >= 4 is 12.0 Å². The van der Waals surface area contributed by atoms with E-state index >= 15 is 0 Å². The number of methoxy groups -OCH3 is 1. The molecule has 1 aliphatic heterocycles. The fourth-order valence-electron chi connectivity index (χ4n) is 3.54. The maximum absolute atomic E-state index is 13.2. The van der Waals surface area contributed by atoms with Crippen molar-refractivity contribution in [1.29, 1.82) is 0 Å². The Labute approximate surface area is 174 Å². The number of nitrogens with one attached hydrogen (secondary N) is 1. The van der Waals surface area contributed by atoms with Crippen molar-refractivity contribution in [3.05, 3.63) is 35.4 Å². The van der Waals surface area contributed by atoms with Gasteiger partial charge in [0.25, 0.3) is 5.91 Å². The number of hydrogen-bond acceptors (Lipinski definition) is 5. The van der Waals surface area contributed by atoms with Gasteiger partial charge in [-0.3, -0.25) is 4.79 Å². The van der Waals surface area contributed by atoms with Crippen LogP contribution < -0.4 is 5.32 Å². The summed E-state index contributed by atoms with van der Waals surface area (Å²) in [6, 6.07) is 7.59. The highest BCUT2D eigenvalue weighted by Gasteiger charge is 2.33. The number of alkyl carbamates (subject to hydrolysis) is 1. The van der Waals surface area contributed by atoms with Crippen LogP contribution in [0, 0.1) is 0 Å². The van der Waals surface area contributed by atoms with Crippen molar-refractivity contribution in [3.63, 3.8) is 0 Å². The summed E-state index contributed by atoms with van der Waals surface area (Å²) < 4.78 is 10.8. The Morgan fingerprint density at radius 1 is 1.28 bits per heavy atom. The molecular weight excluding hydrogens is 370 g/mol. The summed E-state index contributed by atoms with van der Waals surface area (Å²) in [5.74, 6) is -0.0175. The molecule has 2 atom stereocenters. The van der Waals surface area contributed by atoms with Crippen LogP contribution in [0.5, 0.6) is 0 Å². The predicted molar refractivity (Wildman–Crippen MR) is 113 cm³/mol. The van der Waals surface area contributed by atoms with E-state index in [0.29, 0.717) is 25.1 Å². The first-order chi connectivity index (χ1) is 13.6. The van der Waals surface area contributed by atoms with E-state index in [-0.39, 0.29) is 18.1 Å². The molecular formula is C22H35N3O4. The minimum atomic E-state index is -0.561. The van der Waals surface area contributed by atoms with E-state index in [0.717, 1.165) is 18.5 Å². The van der Waals surface area contributed by atoms with Crippen LogP contribution in [0.4, 0.5) is 4.79 Å². The van der Waals surface area contributed by atoms with E-state index < -0.39 is 11.7 Å². The minimum absolute atomic E-state index is 0.0175. The molecule has 0 spiro atoms. The summed E-state index contributed by atoms with van der Waals surface area (Å²) in [4.78, 5) is 29.2.